The number of aliphatic hydroxyl groups excluding tert-OH is 1. The monoisotopic (exact) mass is 254 g/mol. The maximum absolute atomic E-state index is 9.11. The smallest absolute Gasteiger partial charge is 0.322 e. The zero-order valence-electron chi connectivity index (χ0n) is 10.3. The van der Waals surface area contributed by atoms with Gasteiger partial charge in [0.1, 0.15) is 0 Å². The number of methoxy groups -OCH3 is 1. The molecule has 0 spiro atoms. The van der Waals surface area contributed by atoms with Crippen LogP contribution in [0.1, 0.15) is 12.8 Å². The van der Waals surface area contributed by atoms with E-state index >= 15 is 0 Å². The van der Waals surface area contributed by atoms with Crippen LogP contribution in [0.15, 0.2) is 0 Å². The van der Waals surface area contributed by atoms with E-state index in [1.807, 2.05) is 4.90 Å². The minimum absolute atomic E-state index is 0.234. The van der Waals surface area contributed by atoms with Crippen molar-refractivity contribution < 1.29 is 9.84 Å². The molecule has 1 aromatic rings. The first-order valence-electron chi connectivity index (χ1n) is 5.89. The molecule has 2 heterocycles. The largest absolute Gasteiger partial charge is 0.467 e. The maximum Gasteiger partial charge on any atom is 0.322 e. The number of nitrogen functional groups attached to an aromatic ring is 1. The number of hydrogen-bond acceptors (Lipinski definition) is 8. The van der Waals surface area contributed by atoms with E-state index in [0.717, 1.165) is 25.9 Å². The van der Waals surface area contributed by atoms with Gasteiger partial charge < -0.3 is 14.7 Å². The zero-order valence-corrected chi connectivity index (χ0v) is 10.3. The highest BCUT2D eigenvalue weighted by atomic mass is 16.5. The molecule has 0 unspecified atom stereocenters. The molecular weight excluding hydrogens is 236 g/mol. The molecule has 1 aliphatic heterocycles. The van der Waals surface area contributed by atoms with E-state index in [1.54, 1.807) is 0 Å². The molecule has 0 amide bonds. The normalized spacial score (nSPS) is 16.7. The van der Waals surface area contributed by atoms with Gasteiger partial charge in [-0.25, -0.2) is 5.84 Å². The molecule has 8 heteroatoms. The molecule has 0 aromatic carbocycles. The van der Waals surface area contributed by atoms with Crippen molar-refractivity contribution in [1.29, 1.82) is 0 Å². The zero-order chi connectivity index (χ0) is 13.0. The van der Waals surface area contributed by atoms with Crippen LogP contribution in [0.3, 0.4) is 0 Å². The molecule has 4 N–H and O–H groups in total. The van der Waals surface area contributed by atoms with Gasteiger partial charge >= 0.3 is 6.01 Å². The first kappa shape index (κ1) is 12.8. The van der Waals surface area contributed by atoms with Gasteiger partial charge in [0.25, 0.3) is 0 Å². The van der Waals surface area contributed by atoms with Crippen molar-refractivity contribution in [1.82, 2.24) is 15.0 Å². The molecule has 8 nitrogen and oxygen atoms in total. The number of nitrogens with two attached hydrogens (primary N) is 1. The predicted octanol–water partition coefficient (Wildman–Crippen LogP) is -0.625. The number of hydrazine groups is 1. The molecule has 1 aliphatic rings. The van der Waals surface area contributed by atoms with Crippen molar-refractivity contribution >= 4 is 11.9 Å². The molecule has 0 aliphatic carbocycles. The summed E-state index contributed by atoms with van der Waals surface area (Å²) in [5.74, 6) is 6.50. The van der Waals surface area contributed by atoms with E-state index in [4.69, 9.17) is 15.7 Å². The number of aromatic nitrogens is 3. The second-order valence-electron chi connectivity index (χ2n) is 4.20. The van der Waals surface area contributed by atoms with Crippen LogP contribution >= 0.6 is 0 Å². The highest BCUT2D eigenvalue weighted by Gasteiger charge is 2.21. The van der Waals surface area contributed by atoms with E-state index < -0.39 is 0 Å². The Kier molecular flexibility index (Phi) is 4.11. The SMILES string of the molecule is COc1nc(NN)nc(N2CCC(CO)CC2)n1. The first-order valence-corrected chi connectivity index (χ1v) is 5.89. The lowest BCUT2D eigenvalue weighted by Gasteiger charge is -2.31. The van der Waals surface area contributed by atoms with Crippen molar-refractivity contribution in [3.8, 4) is 6.01 Å². The van der Waals surface area contributed by atoms with Crippen LogP contribution in [-0.4, -0.2) is 46.9 Å². The Bertz CT molecular complexity index is 372. The van der Waals surface area contributed by atoms with Crippen molar-refractivity contribution in [2.45, 2.75) is 12.8 Å². The lowest BCUT2D eigenvalue weighted by molar-refractivity contribution is 0.202. The van der Waals surface area contributed by atoms with Gasteiger partial charge in [-0.2, -0.15) is 15.0 Å². The summed E-state index contributed by atoms with van der Waals surface area (Å²) in [5.41, 5.74) is 2.39. The maximum atomic E-state index is 9.11. The first-order chi connectivity index (χ1) is 8.76. The van der Waals surface area contributed by atoms with Crippen LogP contribution in [0.4, 0.5) is 11.9 Å². The fourth-order valence-electron chi connectivity index (χ4n) is 1.96. The predicted molar refractivity (Wildman–Crippen MR) is 66.2 cm³/mol. The van der Waals surface area contributed by atoms with E-state index in [2.05, 4.69) is 20.4 Å². The summed E-state index contributed by atoms with van der Waals surface area (Å²) in [6.07, 6.45) is 1.85. The van der Waals surface area contributed by atoms with E-state index in [0.29, 0.717) is 11.9 Å². The Morgan fingerprint density at radius 3 is 2.67 bits per heavy atom. The molecule has 0 saturated carbocycles. The second kappa shape index (κ2) is 5.78. The second-order valence-corrected chi connectivity index (χ2v) is 4.20. The van der Waals surface area contributed by atoms with Gasteiger partial charge in [0.2, 0.25) is 11.9 Å². The van der Waals surface area contributed by atoms with E-state index in [-0.39, 0.29) is 18.6 Å². The molecule has 0 radical (unpaired) electrons. The quantitative estimate of drug-likeness (QED) is 0.481. The molecule has 0 bridgehead atoms. The van der Waals surface area contributed by atoms with E-state index in [9.17, 15) is 0 Å². The van der Waals surface area contributed by atoms with Gasteiger partial charge in [0.15, 0.2) is 0 Å². The Balaban J connectivity index is 2.13. The van der Waals surface area contributed by atoms with Crippen LogP contribution in [-0.2, 0) is 0 Å². The van der Waals surface area contributed by atoms with Gasteiger partial charge in [-0.05, 0) is 18.8 Å². The molecule has 2 rings (SSSR count). The van der Waals surface area contributed by atoms with Crippen LogP contribution in [0.5, 0.6) is 6.01 Å². The standard InChI is InChI=1S/C10H18N6O2/c1-18-10-13-8(15-11)12-9(14-10)16-4-2-7(6-17)3-5-16/h7,17H,2-6,11H2,1H3,(H,12,13,14,15). The highest BCUT2D eigenvalue weighted by Crippen LogP contribution is 2.21. The Hall–Kier alpha value is -1.67. The van der Waals surface area contributed by atoms with Crippen LogP contribution in [0, 0.1) is 5.92 Å². The summed E-state index contributed by atoms with van der Waals surface area (Å²) >= 11 is 0. The summed E-state index contributed by atoms with van der Waals surface area (Å²) < 4.78 is 5.01. The van der Waals surface area contributed by atoms with Gasteiger partial charge in [0.05, 0.1) is 7.11 Å². The number of rotatable bonds is 4. The van der Waals surface area contributed by atoms with Crippen LogP contribution in [0.2, 0.25) is 0 Å². The number of nitrogens with zero attached hydrogens (tertiary/aromatic N) is 4. The number of anilines is 2. The summed E-state index contributed by atoms with van der Waals surface area (Å²) in [7, 11) is 1.50. The van der Waals surface area contributed by atoms with Crippen molar-refractivity contribution in [2.75, 3.05) is 37.1 Å². The highest BCUT2D eigenvalue weighted by molar-refractivity contribution is 5.38. The summed E-state index contributed by atoms with van der Waals surface area (Å²) in [6.45, 7) is 1.86. The number of aliphatic hydroxyl groups is 1. The summed E-state index contributed by atoms with van der Waals surface area (Å²) in [5, 5.41) is 9.11. The average molecular weight is 254 g/mol. The molecule has 1 fully saturated rings. The van der Waals surface area contributed by atoms with Gasteiger partial charge in [-0.3, -0.25) is 5.43 Å². The Morgan fingerprint density at radius 1 is 1.39 bits per heavy atom. The topological polar surface area (TPSA) is 109 Å². The number of piperidine rings is 1. The molecule has 0 atom stereocenters. The Morgan fingerprint density at radius 2 is 2.11 bits per heavy atom. The lowest BCUT2D eigenvalue weighted by atomic mass is 9.98. The Labute approximate surface area is 105 Å². The molecule has 1 aromatic heterocycles. The summed E-state index contributed by atoms with van der Waals surface area (Å²) in [4.78, 5) is 14.4. The van der Waals surface area contributed by atoms with Gasteiger partial charge in [0, 0.05) is 19.7 Å². The van der Waals surface area contributed by atoms with Crippen LogP contribution < -0.4 is 20.9 Å². The number of ether oxygens (including phenoxy) is 1. The number of nitrogens with one attached hydrogen (secondary N) is 1. The fourth-order valence-corrected chi connectivity index (χ4v) is 1.96. The molecule has 100 valence electrons. The third kappa shape index (κ3) is 2.77. The van der Waals surface area contributed by atoms with Crippen molar-refractivity contribution in [3.63, 3.8) is 0 Å². The minimum atomic E-state index is 0.234. The summed E-state index contributed by atoms with van der Waals surface area (Å²) in [6, 6.07) is 0.234. The average Bonchev–Trinajstić information content (AvgIpc) is 2.46. The fraction of sp³-hybridized carbons (Fsp3) is 0.700. The number of hydrogen-bond donors (Lipinski definition) is 3. The lowest BCUT2D eigenvalue weighted by Crippen LogP contribution is -2.36. The van der Waals surface area contributed by atoms with Crippen molar-refractivity contribution in [2.24, 2.45) is 11.8 Å². The van der Waals surface area contributed by atoms with Crippen LogP contribution in [0.25, 0.3) is 0 Å². The van der Waals surface area contributed by atoms with E-state index in [1.165, 1.54) is 7.11 Å². The third-order valence-corrected chi connectivity index (χ3v) is 3.07. The molecule has 18 heavy (non-hydrogen) atoms. The minimum Gasteiger partial charge on any atom is -0.467 e. The van der Waals surface area contributed by atoms with Gasteiger partial charge in [-0.15, -0.1) is 0 Å². The molecule has 1 saturated heterocycles. The van der Waals surface area contributed by atoms with Gasteiger partial charge in [-0.1, -0.05) is 0 Å². The third-order valence-electron chi connectivity index (χ3n) is 3.07. The van der Waals surface area contributed by atoms with Crippen molar-refractivity contribution in [3.05, 3.63) is 0 Å². The molecular formula is C10H18N6O2.